The van der Waals surface area contributed by atoms with Crippen LogP contribution in [0.4, 0.5) is 5.82 Å². The molecule has 0 fully saturated rings. The van der Waals surface area contributed by atoms with E-state index in [2.05, 4.69) is 33.3 Å². The smallest absolute Gasteiger partial charge is 0.135 e. The van der Waals surface area contributed by atoms with Crippen LogP contribution in [-0.4, -0.2) is 26.6 Å². The first-order chi connectivity index (χ1) is 12.1. The van der Waals surface area contributed by atoms with E-state index >= 15 is 0 Å². The Bertz CT molecular complexity index is 859. The third-order valence-electron chi connectivity index (χ3n) is 4.05. The molecule has 0 amide bonds. The zero-order valence-electron chi connectivity index (χ0n) is 15.0. The van der Waals surface area contributed by atoms with Crippen molar-refractivity contribution in [3.8, 4) is 5.75 Å². The second-order valence-electron chi connectivity index (χ2n) is 5.91. The van der Waals surface area contributed by atoms with Crippen LogP contribution in [0.25, 0.3) is 0 Å². The third-order valence-corrected chi connectivity index (χ3v) is 4.05. The molecular weight excluding hydrogens is 314 g/mol. The fourth-order valence-corrected chi connectivity index (χ4v) is 2.78. The topological polar surface area (TPSA) is 64.9 Å². The minimum absolute atomic E-state index is 0.144. The van der Waals surface area contributed by atoms with Crippen LogP contribution in [0.3, 0.4) is 0 Å². The number of hydrogen-bond donors (Lipinski definition) is 1. The molecule has 1 atom stereocenters. The van der Waals surface area contributed by atoms with Gasteiger partial charge in [0.15, 0.2) is 0 Å². The predicted molar refractivity (Wildman–Crippen MR) is 97.8 cm³/mol. The van der Waals surface area contributed by atoms with Gasteiger partial charge in [0.05, 0.1) is 7.11 Å². The number of ether oxygens (including phenoxy) is 1. The van der Waals surface area contributed by atoms with Crippen molar-refractivity contribution in [2.24, 2.45) is 7.05 Å². The Balaban J connectivity index is 2.03. The first kappa shape index (κ1) is 17.0. The SMILES string of the molecule is CCc1nc(C)cc(NC(c2cccc(OC)c2)c2nccn2C)n1. The minimum atomic E-state index is -0.144. The second kappa shape index (κ2) is 7.34. The average molecular weight is 337 g/mol. The summed E-state index contributed by atoms with van der Waals surface area (Å²) in [5, 5.41) is 3.52. The number of aryl methyl sites for hydroxylation is 3. The zero-order valence-corrected chi connectivity index (χ0v) is 15.0. The van der Waals surface area contributed by atoms with Gasteiger partial charge in [0.1, 0.15) is 29.3 Å². The van der Waals surface area contributed by atoms with Crippen LogP contribution in [-0.2, 0) is 13.5 Å². The molecule has 6 nitrogen and oxygen atoms in total. The Morgan fingerprint density at radius 2 is 2.08 bits per heavy atom. The summed E-state index contributed by atoms with van der Waals surface area (Å²) < 4.78 is 7.38. The molecule has 1 aromatic carbocycles. The highest BCUT2D eigenvalue weighted by molar-refractivity contribution is 5.44. The van der Waals surface area contributed by atoms with Gasteiger partial charge in [0.25, 0.3) is 0 Å². The van der Waals surface area contributed by atoms with Crippen LogP contribution in [0.5, 0.6) is 5.75 Å². The fourth-order valence-electron chi connectivity index (χ4n) is 2.78. The van der Waals surface area contributed by atoms with E-state index in [1.54, 1.807) is 13.3 Å². The van der Waals surface area contributed by atoms with Gasteiger partial charge in [-0.25, -0.2) is 15.0 Å². The van der Waals surface area contributed by atoms with Gasteiger partial charge in [0.2, 0.25) is 0 Å². The van der Waals surface area contributed by atoms with Gasteiger partial charge in [-0.2, -0.15) is 0 Å². The Kier molecular flexibility index (Phi) is 4.97. The van der Waals surface area contributed by atoms with E-state index in [0.29, 0.717) is 0 Å². The standard InChI is InChI=1S/C19H23N5O/c1-5-16-21-13(2)11-17(22-16)23-18(19-20-9-10-24(19)3)14-7-6-8-15(12-14)25-4/h6-12,18H,5H2,1-4H3,(H,21,22,23). The van der Waals surface area contributed by atoms with Crippen LogP contribution in [0.1, 0.15) is 35.9 Å². The number of methoxy groups -OCH3 is 1. The first-order valence-electron chi connectivity index (χ1n) is 8.33. The number of aromatic nitrogens is 4. The maximum atomic E-state index is 5.38. The minimum Gasteiger partial charge on any atom is -0.497 e. The van der Waals surface area contributed by atoms with E-state index in [1.165, 1.54) is 0 Å². The molecule has 2 heterocycles. The number of nitrogens with zero attached hydrogens (tertiary/aromatic N) is 4. The molecule has 1 unspecified atom stereocenters. The summed E-state index contributed by atoms with van der Waals surface area (Å²) in [6.07, 6.45) is 4.53. The molecule has 0 saturated carbocycles. The highest BCUT2D eigenvalue weighted by atomic mass is 16.5. The lowest BCUT2D eigenvalue weighted by Gasteiger charge is -2.20. The lowest BCUT2D eigenvalue weighted by Crippen LogP contribution is -2.18. The molecule has 1 N–H and O–H groups in total. The van der Waals surface area contributed by atoms with Crippen molar-refractivity contribution in [1.82, 2.24) is 19.5 Å². The van der Waals surface area contributed by atoms with Crippen molar-refractivity contribution in [2.45, 2.75) is 26.3 Å². The van der Waals surface area contributed by atoms with Gasteiger partial charge in [-0.15, -0.1) is 0 Å². The molecule has 25 heavy (non-hydrogen) atoms. The van der Waals surface area contributed by atoms with Crippen molar-refractivity contribution in [1.29, 1.82) is 0 Å². The molecule has 0 saturated heterocycles. The van der Waals surface area contributed by atoms with Crippen molar-refractivity contribution in [3.63, 3.8) is 0 Å². The normalized spacial score (nSPS) is 12.0. The summed E-state index contributed by atoms with van der Waals surface area (Å²) in [6, 6.07) is 9.80. The number of benzene rings is 1. The monoisotopic (exact) mass is 337 g/mol. The van der Waals surface area contributed by atoms with Gasteiger partial charge in [-0.3, -0.25) is 0 Å². The molecule has 0 aliphatic rings. The molecule has 3 aromatic rings. The molecule has 2 aromatic heterocycles. The van der Waals surface area contributed by atoms with Gasteiger partial charge < -0.3 is 14.6 Å². The maximum Gasteiger partial charge on any atom is 0.135 e. The molecule has 0 bridgehead atoms. The fraction of sp³-hybridized carbons (Fsp3) is 0.316. The van der Waals surface area contributed by atoms with Gasteiger partial charge in [0, 0.05) is 37.6 Å². The molecule has 130 valence electrons. The predicted octanol–water partition coefficient (Wildman–Crippen LogP) is 3.29. The highest BCUT2D eigenvalue weighted by Gasteiger charge is 2.20. The van der Waals surface area contributed by atoms with Crippen molar-refractivity contribution < 1.29 is 4.74 Å². The van der Waals surface area contributed by atoms with Crippen LogP contribution in [0, 0.1) is 6.92 Å². The summed E-state index contributed by atoms with van der Waals surface area (Å²) in [7, 11) is 3.66. The van der Waals surface area contributed by atoms with Crippen molar-refractivity contribution >= 4 is 5.82 Å². The van der Waals surface area contributed by atoms with Crippen molar-refractivity contribution in [2.75, 3.05) is 12.4 Å². The average Bonchev–Trinajstić information content (AvgIpc) is 3.05. The summed E-state index contributed by atoms with van der Waals surface area (Å²) in [4.78, 5) is 13.6. The Morgan fingerprint density at radius 1 is 1.24 bits per heavy atom. The van der Waals surface area contributed by atoms with Crippen LogP contribution in [0.2, 0.25) is 0 Å². The lowest BCUT2D eigenvalue weighted by molar-refractivity contribution is 0.414. The summed E-state index contributed by atoms with van der Waals surface area (Å²) in [5.41, 5.74) is 2.00. The first-order valence-corrected chi connectivity index (χ1v) is 8.33. The highest BCUT2D eigenvalue weighted by Crippen LogP contribution is 2.27. The van der Waals surface area contributed by atoms with Gasteiger partial charge in [-0.1, -0.05) is 19.1 Å². The molecule has 0 aliphatic carbocycles. The lowest BCUT2D eigenvalue weighted by atomic mass is 10.1. The molecule has 6 heteroatoms. The number of rotatable bonds is 6. The van der Waals surface area contributed by atoms with Gasteiger partial charge >= 0.3 is 0 Å². The molecule has 0 aliphatic heterocycles. The second-order valence-corrected chi connectivity index (χ2v) is 5.91. The molecule has 0 spiro atoms. The number of hydrogen-bond acceptors (Lipinski definition) is 5. The maximum absolute atomic E-state index is 5.38. The van der Waals surface area contributed by atoms with Crippen LogP contribution in [0.15, 0.2) is 42.7 Å². The van der Waals surface area contributed by atoms with Crippen LogP contribution < -0.4 is 10.1 Å². The summed E-state index contributed by atoms with van der Waals surface area (Å²) >= 11 is 0. The van der Waals surface area contributed by atoms with Crippen LogP contribution >= 0.6 is 0 Å². The Labute approximate surface area is 147 Å². The molecule has 3 rings (SSSR count). The Hall–Kier alpha value is -2.89. The largest absolute Gasteiger partial charge is 0.497 e. The van der Waals surface area contributed by atoms with E-state index in [-0.39, 0.29) is 6.04 Å². The number of imidazole rings is 1. The summed E-state index contributed by atoms with van der Waals surface area (Å²) in [6.45, 7) is 4.03. The Morgan fingerprint density at radius 3 is 2.76 bits per heavy atom. The third kappa shape index (κ3) is 3.79. The zero-order chi connectivity index (χ0) is 17.8. The molecular formula is C19H23N5O. The van der Waals surface area contributed by atoms with E-state index < -0.39 is 0 Å². The van der Waals surface area contributed by atoms with Crippen molar-refractivity contribution in [3.05, 3.63) is 65.6 Å². The quantitative estimate of drug-likeness (QED) is 0.748. The van der Waals surface area contributed by atoms with E-state index in [9.17, 15) is 0 Å². The number of anilines is 1. The number of nitrogens with one attached hydrogen (secondary N) is 1. The van der Waals surface area contributed by atoms with E-state index in [4.69, 9.17) is 4.74 Å². The van der Waals surface area contributed by atoms with E-state index in [0.717, 1.165) is 40.9 Å². The summed E-state index contributed by atoms with van der Waals surface area (Å²) in [5.74, 6) is 3.33. The van der Waals surface area contributed by atoms with Gasteiger partial charge in [-0.05, 0) is 24.6 Å². The van der Waals surface area contributed by atoms with E-state index in [1.807, 2.05) is 49.0 Å². The molecule has 0 radical (unpaired) electrons.